The molecule has 0 bridgehead atoms. The number of ketones is 1. The number of methoxy groups -OCH3 is 1. The zero-order valence-electron chi connectivity index (χ0n) is 18.4. The van der Waals surface area contributed by atoms with Crippen molar-refractivity contribution in [3.8, 4) is 6.07 Å². The van der Waals surface area contributed by atoms with Crippen molar-refractivity contribution in [2.24, 2.45) is 5.41 Å². The number of Topliss-reactive ketones (excluding diaryl/α,β-unsaturated/α-hetero) is 1. The number of fused-ring (bicyclic) bond motifs is 3. The van der Waals surface area contributed by atoms with Gasteiger partial charge in [0.2, 0.25) is 0 Å². The standard InChI is InChI=1S/C28H21ClN2O3/c1-34-27(33)28(17-30)23-16-13-18-7-5-6-10-22(18)31(23)25(24(28)19-8-3-2-4-9-19)26(32)20-11-14-21(29)15-12-20/h2-16,23-25H,1H3/t23?,24-,25+,28+/m0/s1. The third-order valence-corrected chi connectivity index (χ3v) is 7.06. The van der Waals surface area contributed by atoms with Crippen LogP contribution in [0.5, 0.6) is 0 Å². The van der Waals surface area contributed by atoms with E-state index >= 15 is 0 Å². The summed E-state index contributed by atoms with van der Waals surface area (Å²) < 4.78 is 5.22. The predicted octanol–water partition coefficient (Wildman–Crippen LogP) is 5.27. The van der Waals surface area contributed by atoms with Crippen molar-refractivity contribution >= 4 is 35.1 Å². The minimum Gasteiger partial charge on any atom is -0.468 e. The number of ether oxygens (including phenoxy) is 1. The van der Waals surface area contributed by atoms with E-state index in [1.807, 2.05) is 71.6 Å². The normalized spacial score (nSPS) is 24.6. The Kier molecular flexibility index (Phi) is 5.47. The van der Waals surface area contributed by atoms with Crippen LogP contribution >= 0.6 is 11.6 Å². The maximum Gasteiger partial charge on any atom is 0.329 e. The van der Waals surface area contributed by atoms with Gasteiger partial charge in [0, 0.05) is 22.2 Å². The van der Waals surface area contributed by atoms with Crippen LogP contribution in [-0.4, -0.2) is 30.9 Å². The van der Waals surface area contributed by atoms with Gasteiger partial charge in [0.1, 0.15) is 6.04 Å². The maximum absolute atomic E-state index is 14.2. The summed E-state index contributed by atoms with van der Waals surface area (Å²) in [6.45, 7) is 0. The second kappa shape index (κ2) is 8.48. The molecule has 0 N–H and O–H groups in total. The molecule has 1 unspecified atom stereocenters. The first-order chi connectivity index (χ1) is 16.5. The van der Waals surface area contributed by atoms with Crippen LogP contribution in [0.3, 0.4) is 0 Å². The molecule has 0 saturated carbocycles. The number of carbonyl (C=O) groups is 2. The smallest absolute Gasteiger partial charge is 0.329 e. The number of para-hydroxylation sites is 1. The van der Waals surface area contributed by atoms with E-state index in [-0.39, 0.29) is 5.78 Å². The number of hydrogen-bond donors (Lipinski definition) is 0. The van der Waals surface area contributed by atoms with E-state index in [4.69, 9.17) is 16.3 Å². The molecule has 0 amide bonds. The molecule has 4 atom stereocenters. The lowest BCUT2D eigenvalue weighted by atomic mass is 9.68. The molecule has 2 aliphatic rings. The maximum atomic E-state index is 14.2. The number of nitrogens with zero attached hydrogens (tertiary/aromatic N) is 2. The van der Waals surface area contributed by atoms with Crippen LogP contribution < -0.4 is 4.90 Å². The number of rotatable bonds is 4. The Labute approximate surface area is 202 Å². The Morgan fingerprint density at radius 3 is 2.35 bits per heavy atom. The molecular weight excluding hydrogens is 448 g/mol. The van der Waals surface area contributed by atoms with Crippen LogP contribution in [0.2, 0.25) is 5.02 Å². The summed E-state index contributed by atoms with van der Waals surface area (Å²) in [4.78, 5) is 29.5. The number of nitriles is 1. The third-order valence-electron chi connectivity index (χ3n) is 6.81. The molecule has 5 nitrogen and oxygen atoms in total. The molecule has 0 aliphatic carbocycles. The number of benzene rings is 3. The van der Waals surface area contributed by atoms with Crippen LogP contribution in [0.15, 0.2) is 84.9 Å². The number of carbonyl (C=O) groups excluding carboxylic acids is 2. The molecular formula is C28H21ClN2O3. The topological polar surface area (TPSA) is 70.4 Å². The second-order valence-electron chi connectivity index (χ2n) is 8.45. The van der Waals surface area contributed by atoms with Crippen molar-refractivity contribution in [3.05, 3.63) is 107 Å². The van der Waals surface area contributed by atoms with Crippen molar-refractivity contribution in [2.45, 2.75) is 18.0 Å². The first-order valence-corrected chi connectivity index (χ1v) is 11.3. The van der Waals surface area contributed by atoms with Gasteiger partial charge in [-0.15, -0.1) is 0 Å². The Hall–Kier alpha value is -3.88. The summed E-state index contributed by atoms with van der Waals surface area (Å²) in [6, 6.07) is 24.4. The fourth-order valence-corrected chi connectivity index (χ4v) is 5.48. The number of esters is 1. The molecule has 168 valence electrons. The monoisotopic (exact) mass is 468 g/mol. The molecule has 3 aromatic carbocycles. The molecule has 0 radical (unpaired) electrons. The van der Waals surface area contributed by atoms with Crippen molar-refractivity contribution < 1.29 is 14.3 Å². The van der Waals surface area contributed by atoms with Crippen molar-refractivity contribution in [3.63, 3.8) is 0 Å². The zero-order valence-corrected chi connectivity index (χ0v) is 19.1. The Balaban J connectivity index is 1.81. The van der Waals surface area contributed by atoms with Gasteiger partial charge in [-0.05, 0) is 41.5 Å². The van der Waals surface area contributed by atoms with E-state index in [0.717, 1.165) is 16.8 Å². The molecule has 1 saturated heterocycles. The first-order valence-electron chi connectivity index (χ1n) is 10.9. The van der Waals surface area contributed by atoms with Gasteiger partial charge in [-0.1, -0.05) is 72.3 Å². The average Bonchev–Trinajstić information content (AvgIpc) is 3.20. The highest BCUT2D eigenvalue weighted by Crippen LogP contribution is 2.56. The van der Waals surface area contributed by atoms with Crippen LogP contribution in [0.25, 0.3) is 6.08 Å². The predicted molar refractivity (Wildman–Crippen MR) is 131 cm³/mol. The number of anilines is 1. The lowest BCUT2D eigenvalue weighted by Gasteiger charge is -2.36. The summed E-state index contributed by atoms with van der Waals surface area (Å²) in [5.41, 5.74) is 1.26. The fourth-order valence-electron chi connectivity index (χ4n) is 5.35. The molecule has 0 aromatic heterocycles. The van der Waals surface area contributed by atoms with E-state index in [1.54, 1.807) is 24.3 Å². The van der Waals surface area contributed by atoms with Gasteiger partial charge in [0.05, 0.1) is 19.2 Å². The summed E-state index contributed by atoms with van der Waals surface area (Å²) in [5, 5.41) is 11.1. The molecule has 6 heteroatoms. The molecule has 0 spiro atoms. The fraction of sp³-hybridized carbons (Fsp3) is 0.179. The van der Waals surface area contributed by atoms with E-state index in [0.29, 0.717) is 10.6 Å². The second-order valence-corrected chi connectivity index (χ2v) is 8.88. The summed E-state index contributed by atoms with van der Waals surface area (Å²) in [7, 11) is 1.28. The first kappa shape index (κ1) is 21.9. The van der Waals surface area contributed by atoms with Gasteiger partial charge < -0.3 is 9.64 Å². The minimum atomic E-state index is -1.63. The van der Waals surface area contributed by atoms with Crippen LogP contribution in [0.1, 0.15) is 27.4 Å². The van der Waals surface area contributed by atoms with Crippen molar-refractivity contribution in [2.75, 3.05) is 12.0 Å². The van der Waals surface area contributed by atoms with Crippen LogP contribution in [-0.2, 0) is 9.53 Å². The van der Waals surface area contributed by atoms with Crippen LogP contribution in [0, 0.1) is 16.7 Å². The quantitative estimate of drug-likeness (QED) is 0.385. The van der Waals surface area contributed by atoms with E-state index in [9.17, 15) is 14.9 Å². The number of hydrogen-bond acceptors (Lipinski definition) is 5. The van der Waals surface area contributed by atoms with E-state index in [2.05, 4.69) is 6.07 Å². The lowest BCUT2D eigenvalue weighted by molar-refractivity contribution is -0.150. The molecule has 3 aromatic rings. The van der Waals surface area contributed by atoms with E-state index in [1.165, 1.54) is 7.11 Å². The van der Waals surface area contributed by atoms with Crippen molar-refractivity contribution in [1.29, 1.82) is 5.26 Å². The van der Waals surface area contributed by atoms with Gasteiger partial charge in [0.15, 0.2) is 11.2 Å². The molecule has 2 aliphatic heterocycles. The molecule has 2 heterocycles. The molecule has 1 fully saturated rings. The van der Waals surface area contributed by atoms with Gasteiger partial charge in [-0.25, -0.2) is 0 Å². The van der Waals surface area contributed by atoms with Gasteiger partial charge in [-0.3, -0.25) is 9.59 Å². The Bertz CT molecular complexity index is 1330. The highest BCUT2D eigenvalue weighted by Gasteiger charge is 2.67. The lowest BCUT2D eigenvalue weighted by Crippen LogP contribution is -2.46. The zero-order chi connectivity index (χ0) is 23.9. The van der Waals surface area contributed by atoms with Gasteiger partial charge >= 0.3 is 5.97 Å². The Morgan fingerprint density at radius 1 is 1.00 bits per heavy atom. The summed E-state index contributed by atoms with van der Waals surface area (Å²) in [6.07, 6.45) is 3.75. The highest BCUT2D eigenvalue weighted by molar-refractivity contribution is 6.30. The molecule has 5 rings (SSSR count). The van der Waals surface area contributed by atoms with Crippen molar-refractivity contribution in [1.82, 2.24) is 0 Å². The number of halogens is 1. The third kappa shape index (κ3) is 3.14. The van der Waals surface area contributed by atoms with Gasteiger partial charge in [0.25, 0.3) is 0 Å². The Morgan fingerprint density at radius 2 is 1.68 bits per heavy atom. The SMILES string of the molecule is COC(=O)[C@]1(C#N)C2C=Cc3ccccc3N2[C@@H](C(=O)c2ccc(Cl)cc2)[C@@H]1c1ccccc1. The van der Waals surface area contributed by atoms with Gasteiger partial charge in [-0.2, -0.15) is 5.26 Å². The average molecular weight is 469 g/mol. The summed E-state index contributed by atoms with van der Waals surface area (Å²) >= 11 is 6.07. The summed E-state index contributed by atoms with van der Waals surface area (Å²) in [5.74, 6) is -1.62. The minimum absolute atomic E-state index is 0.193. The highest BCUT2D eigenvalue weighted by atomic mass is 35.5. The largest absolute Gasteiger partial charge is 0.468 e. The van der Waals surface area contributed by atoms with Crippen LogP contribution in [0.4, 0.5) is 5.69 Å². The molecule has 34 heavy (non-hydrogen) atoms. The van der Waals surface area contributed by atoms with E-state index < -0.39 is 29.4 Å².